The maximum atomic E-state index is 12.2. The summed E-state index contributed by atoms with van der Waals surface area (Å²) in [5, 5.41) is 3.40. The number of rotatable bonds is 1. The standard InChI is InChI=1S/C13H18N2O2/c1-9-2-3-12(17-9)13(16)15-7-10-4-5-14-6-11(10)8-15/h2-3,10-11,14H,4-8H2,1H3. The average molecular weight is 234 g/mol. The van der Waals surface area contributed by atoms with Crippen molar-refractivity contribution < 1.29 is 9.21 Å². The molecule has 2 aliphatic heterocycles. The quantitative estimate of drug-likeness (QED) is 0.796. The van der Waals surface area contributed by atoms with E-state index in [0.29, 0.717) is 17.6 Å². The summed E-state index contributed by atoms with van der Waals surface area (Å²) < 4.78 is 5.40. The van der Waals surface area contributed by atoms with Crippen LogP contribution in [0.2, 0.25) is 0 Å². The Morgan fingerprint density at radius 1 is 1.41 bits per heavy atom. The van der Waals surface area contributed by atoms with Crippen LogP contribution in [0.1, 0.15) is 22.7 Å². The number of carbonyl (C=O) groups excluding carboxylic acids is 1. The van der Waals surface area contributed by atoms with Crippen molar-refractivity contribution in [2.24, 2.45) is 11.8 Å². The van der Waals surface area contributed by atoms with E-state index in [-0.39, 0.29) is 5.91 Å². The highest BCUT2D eigenvalue weighted by atomic mass is 16.3. The maximum Gasteiger partial charge on any atom is 0.289 e. The van der Waals surface area contributed by atoms with Crippen LogP contribution in [0.5, 0.6) is 0 Å². The van der Waals surface area contributed by atoms with Crippen molar-refractivity contribution >= 4 is 5.91 Å². The molecule has 17 heavy (non-hydrogen) atoms. The van der Waals surface area contributed by atoms with Crippen LogP contribution in [0.3, 0.4) is 0 Å². The Morgan fingerprint density at radius 3 is 2.94 bits per heavy atom. The van der Waals surface area contributed by atoms with Crippen LogP contribution in [0.15, 0.2) is 16.5 Å². The molecule has 2 aliphatic rings. The van der Waals surface area contributed by atoms with E-state index in [1.165, 1.54) is 6.42 Å². The second-order valence-corrected chi connectivity index (χ2v) is 5.13. The molecule has 0 bridgehead atoms. The van der Waals surface area contributed by atoms with E-state index in [2.05, 4.69) is 5.32 Å². The molecule has 0 aliphatic carbocycles. The van der Waals surface area contributed by atoms with Gasteiger partial charge in [0.1, 0.15) is 5.76 Å². The fourth-order valence-electron chi connectivity index (χ4n) is 2.94. The monoisotopic (exact) mass is 234 g/mol. The van der Waals surface area contributed by atoms with Crippen molar-refractivity contribution in [1.82, 2.24) is 10.2 Å². The molecule has 92 valence electrons. The Morgan fingerprint density at radius 2 is 2.24 bits per heavy atom. The van der Waals surface area contributed by atoms with Crippen molar-refractivity contribution in [1.29, 1.82) is 0 Å². The number of piperidine rings is 1. The number of likely N-dealkylation sites (tertiary alicyclic amines) is 1. The maximum absolute atomic E-state index is 12.2. The van der Waals surface area contributed by atoms with Crippen LogP contribution in [-0.4, -0.2) is 37.0 Å². The van der Waals surface area contributed by atoms with Gasteiger partial charge < -0.3 is 14.6 Å². The summed E-state index contributed by atoms with van der Waals surface area (Å²) in [5.41, 5.74) is 0. The summed E-state index contributed by atoms with van der Waals surface area (Å²) in [6, 6.07) is 3.62. The Hall–Kier alpha value is -1.29. The van der Waals surface area contributed by atoms with Crippen molar-refractivity contribution in [2.75, 3.05) is 26.2 Å². The molecule has 2 fully saturated rings. The summed E-state index contributed by atoms with van der Waals surface area (Å²) in [5.74, 6) is 2.63. The first-order valence-electron chi connectivity index (χ1n) is 6.30. The van der Waals surface area contributed by atoms with Gasteiger partial charge in [0, 0.05) is 13.1 Å². The molecule has 0 saturated carbocycles. The molecule has 2 saturated heterocycles. The summed E-state index contributed by atoms with van der Waals surface area (Å²) in [6.07, 6.45) is 1.19. The van der Waals surface area contributed by atoms with Crippen molar-refractivity contribution in [3.8, 4) is 0 Å². The number of aryl methyl sites for hydroxylation is 1. The van der Waals surface area contributed by atoms with Crippen molar-refractivity contribution in [3.05, 3.63) is 23.7 Å². The molecule has 0 aromatic carbocycles. The molecular formula is C13H18N2O2. The minimum atomic E-state index is 0.0486. The fraction of sp³-hybridized carbons (Fsp3) is 0.615. The van der Waals surface area contributed by atoms with Gasteiger partial charge in [-0.15, -0.1) is 0 Å². The summed E-state index contributed by atoms with van der Waals surface area (Å²) in [6.45, 7) is 5.76. The summed E-state index contributed by atoms with van der Waals surface area (Å²) in [4.78, 5) is 14.2. The lowest BCUT2D eigenvalue weighted by atomic mass is 9.90. The summed E-state index contributed by atoms with van der Waals surface area (Å²) >= 11 is 0. The predicted molar refractivity (Wildman–Crippen MR) is 63.8 cm³/mol. The molecule has 3 heterocycles. The van der Waals surface area contributed by atoms with Gasteiger partial charge in [0.25, 0.3) is 5.91 Å². The third kappa shape index (κ3) is 1.97. The number of furan rings is 1. The van der Waals surface area contributed by atoms with Crippen LogP contribution >= 0.6 is 0 Å². The van der Waals surface area contributed by atoms with Crippen molar-refractivity contribution in [3.63, 3.8) is 0 Å². The minimum Gasteiger partial charge on any atom is -0.456 e. The SMILES string of the molecule is Cc1ccc(C(=O)N2CC3CCNCC3C2)o1. The van der Waals surface area contributed by atoms with Gasteiger partial charge >= 0.3 is 0 Å². The first-order chi connectivity index (χ1) is 8.24. The Kier molecular flexibility index (Phi) is 2.67. The zero-order valence-corrected chi connectivity index (χ0v) is 10.1. The van der Waals surface area contributed by atoms with E-state index >= 15 is 0 Å². The Balaban J connectivity index is 1.71. The van der Waals surface area contributed by atoms with Gasteiger partial charge in [-0.25, -0.2) is 0 Å². The van der Waals surface area contributed by atoms with Crippen LogP contribution in [-0.2, 0) is 0 Å². The molecule has 1 aromatic rings. The fourth-order valence-corrected chi connectivity index (χ4v) is 2.94. The molecule has 2 unspecified atom stereocenters. The first kappa shape index (κ1) is 10.8. The zero-order chi connectivity index (χ0) is 11.8. The van der Waals surface area contributed by atoms with Crippen LogP contribution < -0.4 is 5.32 Å². The van der Waals surface area contributed by atoms with E-state index < -0.39 is 0 Å². The minimum absolute atomic E-state index is 0.0486. The van der Waals surface area contributed by atoms with Crippen LogP contribution in [0, 0.1) is 18.8 Å². The largest absolute Gasteiger partial charge is 0.456 e. The molecule has 1 N–H and O–H groups in total. The van der Waals surface area contributed by atoms with E-state index in [4.69, 9.17) is 4.42 Å². The van der Waals surface area contributed by atoms with E-state index in [1.54, 1.807) is 6.07 Å². The number of carbonyl (C=O) groups is 1. The first-order valence-corrected chi connectivity index (χ1v) is 6.30. The molecular weight excluding hydrogens is 216 g/mol. The Labute approximate surface area is 101 Å². The van der Waals surface area contributed by atoms with Crippen molar-refractivity contribution in [2.45, 2.75) is 13.3 Å². The topological polar surface area (TPSA) is 45.5 Å². The van der Waals surface area contributed by atoms with E-state index in [1.807, 2.05) is 17.9 Å². The lowest BCUT2D eigenvalue weighted by molar-refractivity contribution is 0.0751. The molecule has 2 atom stereocenters. The molecule has 0 spiro atoms. The van der Waals surface area contributed by atoms with Gasteiger partial charge in [0.15, 0.2) is 5.76 Å². The molecule has 1 aromatic heterocycles. The lowest BCUT2D eigenvalue weighted by Crippen LogP contribution is -2.35. The van der Waals surface area contributed by atoms with Gasteiger partial charge in [-0.2, -0.15) is 0 Å². The van der Waals surface area contributed by atoms with Crippen LogP contribution in [0.25, 0.3) is 0 Å². The third-order valence-corrected chi connectivity index (χ3v) is 3.91. The summed E-state index contributed by atoms with van der Waals surface area (Å²) in [7, 11) is 0. The van der Waals surface area contributed by atoms with Gasteiger partial charge in [0.2, 0.25) is 0 Å². The number of hydrogen-bond donors (Lipinski definition) is 1. The zero-order valence-electron chi connectivity index (χ0n) is 10.1. The van der Waals surface area contributed by atoms with Crippen LogP contribution in [0.4, 0.5) is 0 Å². The second kappa shape index (κ2) is 4.18. The number of hydrogen-bond acceptors (Lipinski definition) is 3. The predicted octanol–water partition coefficient (Wildman–Crippen LogP) is 1.27. The normalized spacial score (nSPS) is 28.2. The molecule has 3 rings (SSSR count). The lowest BCUT2D eigenvalue weighted by Gasteiger charge is -2.23. The number of nitrogens with zero attached hydrogens (tertiary/aromatic N) is 1. The van der Waals surface area contributed by atoms with Gasteiger partial charge in [-0.3, -0.25) is 4.79 Å². The smallest absolute Gasteiger partial charge is 0.289 e. The molecule has 0 radical (unpaired) electrons. The molecule has 4 heteroatoms. The molecule has 1 amide bonds. The average Bonchev–Trinajstić information content (AvgIpc) is 2.93. The highest BCUT2D eigenvalue weighted by Gasteiger charge is 2.37. The Bertz CT molecular complexity index is 413. The van der Waals surface area contributed by atoms with Gasteiger partial charge in [-0.1, -0.05) is 0 Å². The van der Waals surface area contributed by atoms with Gasteiger partial charge in [0.05, 0.1) is 0 Å². The number of nitrogens with one attached hydrogen (secondary N) is 1. The third-order valence-electron chi connectivity index (χ3n) is 3.91. The molecule has 4 nitrogen and oxygen atoms in total. The van der Waals surface area contributed by atoms with E-state index in [0.717, 1.165) is 31.9 Å². The second-order valence-electron chi connectivity index (χ2n) is 5.13. The van der Waals surface area contributed by atoms with Gasteiger partial charge in [-0.05, 0) is 50.4 Å². The highest BCUT2D eigenvalue weighted by Crippen LogP contribution is 2.29. The highest BCUT2D eigenvalue weighted by molar-refractivity contribution is 5.91. The number of amides is 1. The van der Waals surface area contributed by atoms with E-state index in [9.17, 15) is 4.79 Å². The number of fused-ring (bicyclic) bond motifs is 1.